The van der Waals surface area contributed by atoms with Gasteiger partial charge in [0.05, 0.1) is 32.6 Å². The fourth-order valence-corrected chi connectivity index (χ4v) is 3.72. The van der Waals surface area contributed by atoms with Crippen LogP contribution < -0.4 is 10.1 Å². The number of aryl methyl sites for hydroxylation is 1. The minimum atomic E-state index is -0.466. The smallest absolute Gasteiger partial charge is 0.270 e. The quantitative estimate of drug-likeness (QED) is 0.616. The van der Waals surface area contributed by atoms with Gasteiger partial charge in [0.2, 0.25) is 0 Å². The first-order valence-electron chi connectivity index (χ1n) is 10.9. The Bertz CT molecular complexity index is 1060. The molecule has 0 unspecified atom stereocenters. The molecule has 1 saturated heterocycles. The molecule has 182 valence electrons. The number of nitrogens with zero attached hydrogens (tertiary/aromatic N) is 3. The first-order chi connectivity index (χ1) is 16.5. The number of aromatic nitrogens is 2. The number of ether oxygens (including phenoxy) is 4. The molecule has 1 fully saturated rings. The second-order valence-corrected chi connectivity index (χ2v) is 8.01. The molecule has 0 saturated carbocycles. The van der Waals surface area contributed by atoms with Gasteiger partial charge in [-0.15, -0.1) is 0 Å². The highest BCUT2D eigenvalue weighted by Gasteiger charge is 2.35. The summed E-state index contributed by atoms with van der Waals surface area (Å²) in [5.74, 6) is -0.315. The van der Waals surface area contributed by atoms with Gasteiger partial charge in [0.15, 0.2) is 17.7 Å². The Morgan fingerprint density at radius 1 is 1.18 bits per heavy atom. The van der Waals surface area contributed by atoms with E-state index < -0.39 is 5.82 Å². The number of carbonyl (C=O) groups excluding carboxylic acids is 1. The van der Waals surface area contributed by atoms with E-state index in [-0.39, 0.29) is 42.2 Å². The van der Waals surface area contributed by atoms with Crippen LogP contribution in [-0.2, 0) is 25.6 Å². The number of carbonyl (C=O) groups is 1. The molecule has 34 heavy (non-hydrogen) atoms. The number of methoxy groups -OCH3 is 2. The maximum absolute atomic E-state index is 13.6. The standard InChI is InChI=1S/C23H27FN4O6/c1-13-26-17(18-8-21(34-28-18)22-12-32-15(10-30-2)11-33-22)7-19(27-13)23(29)25-9-14-4-5-16(24)20(6-14)31-3/h4-7,15,21-22H,8-12H2,1-3H3,(H,25,29)/t15-,21+,22-/m1/s1. The van der Waals surface area contributed by atoms with Gasteiger partial charge in [-0.25, -0.2) is 14.4 Å². The summed E-state index contributed by atoms with van der Waals surface area (Å²) >= 11 is 0. The second-order valence-electron chi connectivity index (χ2n) is 8.01. The van der Waals surface area contributed by atoms with Crippen molar-refractivity contribution in [1.29, 1.82) is 0 Å². The normalized spacial score (nSPS) is 22.1. The van der Waals surface area contributed by atoms with Crippen LogP contribution in [0, 0.1) is 12.7 Å². The molecule has 0 bridgehead atoms. The molecule has 10 nitrogen and oxygen atoms in total. The predicted octanol–water partition coefficient (Wildman–Crippen LogP) is 1.79. The lowest BCUT2D eigenvalue weighted by molar-refractivity contribution is -0.181. The fourth-order valence-electron chi connectivity index (χ4n) is 3.72. The van der Waals surface area contributed by atoms with Gasteiger partial charge in [-0.1, -0.05) is 11.2 Å². The highest BCUT2D eigenvalue weighted by molar-refractivity contribution is 6.02. The summed E-state index contributed by atoms with van der Waals surface area (Å²) < 4.78 is 35.3. The van der Waals surface area contributed by atoms with Crippen molar-refractivity contribution in [2.75, 3.05) is 34.0 Å². The lowest BCUT2D eigenvalue weighted by atomic mass is 10.0. The van der Waals surface area contributed by atoms with Gasteiger partial charge in [0, 0.05) is 20.1 Å². The molecule has 4 rings (SSSR count). The van der Waals surface area contributed by atoms with Gasteiger partial charge >= 0.3 is 0 Å². The summed E-state index contributed by atoms with van der Waals surface area (Å²) in [6.07, 6.45) is -0.188. The van der Waals surface area contributed by atoms with Crippen molar-refractivity contribution in [3.8, 4) is 5.75 Å². The van der Waals surface area contributed by atoms with Crippen molar-refractivity contribution in [2.45, 2.75) is 38.2 Å². The molecule has 0 spiro atoms. The van der Waals surface area contributed by atoms with Gasteiger partial charge < -0.3 is 29.1 Å². The summed E-state index contributed by atoms with van der Waals surface area (Å²) in [6, 6.07) is 5.98. The van der Waals surface area contributed by atoms with Crippen molar-refractivity contribution in [2.24, 2.45) is 5.16 Å². The Hall–Kier alpha value is -3.15. The average Bonchev–Trinajstić information content (AvgIpc) is 3.34. The average molecular weight is 474 g/mol. The van der Waals surface area contributed by atoms with Crippen molar-refractivity contribution in [1.82, 2.24) is 15.3 Å². The van der Waals surface area contributed by atoms with Crippen molar-refractivity contribution < 1.29 is 33.0 Å². The minimum absolute atomic E-state index is 0.0929. The van der Waals surface area contributed by atoms with Gasteiger partial charge in [0.1, 0.15) is 29.4 Å². The maximum Gasteiger partial charge on any atom is 0.270 e. The monoisotopic (exact) mass is 474 g/mol. The molecule has 1 amide bonds. The van der Waals surface area contributed by atoms with Crippen LogP contribution in [0.1, 0.15) is 34.0 Å². The number of benzene rings is 1. The van der Waals surface area contributed by atoms with Crippen LogP contribution in [0.3, 0.4) is 0 Å². The first-order valence-corrected chi connectivity index (χ1v) is 10.9. The lowest BCUT2D eigenvalue weighted by Gasteiger charge is -2.31. The zero-order valence-electron chi connectivity index (χ0n) is 19.2. The number of rotatable bonds is 8. The van der Waals surface area contributed by atoms with E-state index in [0.717, 1.165) is 0 Å². The Labute approximate surface area is 196 Å². The highest BCUT2D eigenvalue weighted by atomic mass is 19.1. The zero-order chi connectivity index (χ0) is 24.1. The highest BCUT2D eigenvalue weighted by Crippen LogP contribution is 2.23. The van der Waals surface area contributed by atoms with Crippen LogP contribution in [0.2, 0.25) is 0 Å². The molecule has 3 heterocycles. The van der Waals surface area contributed by atoms with Crippen molar-refractivity contribution in [3.05, 3.63) is 52.9 Å². The molecule has 2 aromatic rings. The maximum atomic E-state index is 13.6. The zero-order valence-corrected chi connectivity index (χ0v) is 19.2. The Morgan fingerprint density at radius 3 is 2.76 bits per heavy atom. The largest absolute Gasteiger partial charge is 0.494 e. The van der Waals surface area contributed by atoms with E-state index in [4.69, 9.17) is 23.8 Å². The van der Waals surface area contributed by atoms with E-state index in [0.29, 0.717) is 49.0 Å². The third kappa shape index (κ3) is 5.66. The summed E-state index contributed by atoms with van der Waals surface area (Å²) in [6.45, 7) is 3.16. The van der Waals surface area contributed by atoms with Gasteiger partial charge in [-0.3, -0.25) is 4.79 Å². The number of hydrogen-bond donors (Lipinski definition) is 1. The number of nitrogens with one attached hydrogen (secondary N) is 1. The summed E-state index contributed by atoms with van der Waals surface area (Å²) in [5.41, 5.74) is 2.01. The Balaban J connectivity index is 1.37. The van der Waals surface area contributed by atoms with E-state index in [1.807, 2.05) is 0 Å². The van der Waals surface area contributed by atoms with Crippen LogP contribution in [0.15, 0.2) is 29.4 Å². The molecule has 1 N–H and O–H groups in total. The number of amides is 1. The van der Waals surface area contributed by atoms with Gasteiger partial charge in [-0.2, -0.15) is 0 Å². The molecular weight excluding hydrogens is 447 g/mol. The molecule has 1 aromatic carbocycles. The molecule has 2 aliphatic heterocycles. The molecule has 11 heteroatoms. The molecule has 0 aliphatic carbocycles. The number of halogens is 1. The minimum Gasteiger partial charge on any atom is -0.494 e. The van der Waals surface area contributed by atoms with Crippen molar-refractivity contribution in [3.63, 3.8) is 0 Å². The topological polar surface area (TPSA) is 113 Å². The molecule has 0 radical (unpaired) electrons. The SMILES string of the molecule is COC[C@@H]1CO[C@@H]([C@@H]2CC(c3cc(C(=O)NCc4ccc(F)c(OC)c4)nc(C)n3)=NO2)CO1. The first kappa shape index (κ1) is 24.0. The Kier molecular flexibility index (Phi) is 7.66. The predicted molar refractivity (Wildman–Crippen MR) is 118 cm³/mol. The fraction of sp³-hybridized carbons (Fsp3) is 0.478. The molecular formula is C23H27FN4O6. The molecule has 1 aromatic heterocycles. The van der Waals surface area contributed by atoms with E-state index in [1.54, 1.807) is 26.2 Å². The number of oxime groups is 1. The van der Waals surface area contributed by atoms with Crippen LogP contribution in [0.25, 0.3) is 0 Å². The summed E-state index contributed by atoms with van der Waals surface area (Å²) in [7, 11) is 3.01. The Morgan fingerprint density at radius 2 is 2.03 bits per heavy atom. The van der Waals surface area contributed by atoms with Crippen molar-refractivity contribution >= 4 is 11.6 Å². The van der Waals surface area contributed by atoms with E-state index in [9.17, 15) is 9.18 Å². The van der Waals surface area contributed by atoms with E-state index in [2.05, 4.69) is 20.4 Å². The van der Waals surface area contributed by atoms with Gasteiger partial charge in [0.25, 0.3) is 5.91 Å². The van der Waals surface area contributed by atoms with E-state index in [1.165, 1.54) is 19.2 Å². The van der Waals surface area contributed by atoms with Crippen LogP contribution in [0.4, 0.5) is 4.39 Å². The molecule has 2 aliphatic rings. The van der Waals surface area contributed by atoms with Crippen LogP contribution in [-0.4, -0.2) is 73.9 Å². The van der Waals surface area contributed by atoms with Crippen LogP contribution >= 0.6 is 0 Å². The third-order valence-corrected chi connectivity index (χ3v) is 5.49. The molecule has 3 atom stereocenters. The third-order valence-electron chi connectivity index (χ3n) is 5.49. The summed E-state index contributed by atoms with van der Waals surface area (Å²) in [4.78, 5) is 27.0. The van der Waals surface area contributed by atoms with Gasteiger partial charge in [-0.05, 0) is 30.7 Å². The summed E-state index contributed by atoms with van der Waals surface area (Å²) in [5, 5.41) is 6.95. The number of hydrogen-bond acceptors (Lipinski definition) is 9. The second kappa shape index (κ2) is 10.9. The van der Waals surface area contributed by atoms with E-state index >= 15 is 0 Å². The lowest BCUT2D eigenvalue weighted by Crippen LogP contribution is -2.44. The van der Waals surface area contributed by atoms with Crippen LogP contribution in [0.5, 0.6) is 5.75 Å².